The van der Waals surface area contributed by atoms with Crippen LogP contribution < -0.4 is 0 Å². The standard InChI is InChI=1S/C18H34O/c1-17-13-9-5-2-3-7-11-15-18(19)16-12-8-4-6-10-14-17/h17H,2-16H2,1H3. The van der Waals surface area contributed by atoms with Gasteiger partial charge < -0.3 is 0 Å². The van der Waals surface area contributed by atoms with Gasteiger partial charge in [-0.25, -0.2) is 0 Å². The van der Waals surface area contributed by atoms with Crippen LogP contribution in [0.2, 0.25) is 0 Å². The highest BCUT2D eigenvalue weighted by molar-refractivity contribution is 5.78. The summed E-state index contributed by atoms with van der Waals surface area (Å²) in [6, 6.07) is 0. The van der Waals surface area contributed by atoms with Crippen molar-refractivity contribution in [1.82, 2.24) is 0 Å². The van der Waals surface area contributed by atoms with Crippen molar-refractivity contribution in [3.63, 3.8) is 0 Å². The van der Waals surface area contributed by atoms with Crippen LogP contribution in [0.3, 0.4) is 0 Å². The van der Waals surface area contributed by atoms with E-state index in [4.69, 9.17) is 0 Å². The molecule has 0 aromatic rings. The molecule has 1 unspecified atom stereocenters. The Morgan fingerprint density at radius 2 is 1.00 bits per heavy atom. The summed E-state index contributed by atoms with van der Waals surface area (Å²) in [6.07, 6.45) is 19.0. The number of ketones is 1. The van der Waals surface area contributed by atoms with Crippen LogP contribution in [0, 0.1) is 5.92 Å². The van der Waals surface area contributed by atoms with E-state index < -0.39 is 0 Å². The quantitative estimate of drug-likeness (QED) is 0.521. The molecule has 1 saturated carbocycles. The van der Waals surface area contributed by atoms with Crippen LogP contribution >= 0.6 is 0 Å². The van der Waals surface area contributed by atoms with E-state index in [1.54, 1.807) is 0 Å². The topological polar surface area (TPSA) is 17.1 Å². The monoisotopic (exact) mass is 266 g/mol. The van der Waals surface area contributed by atoms with Gasteiger partial charge in [0, 0.05) is 12.8 Å². The third-order valence-corrected chi connectivity index (χ3v) is 4.56. The summed E-state index contributed by atoms with van der Waals surface area (Å²) in [6.45, 7) is 2.42. The number of rotatable bonds is 0. The number of carbonyl (C=O) groups is 1. The second-order valence-electron chi connectivity index (χ2n) is 6.61. The van der Waals surface area contributed by atoms with Crippen LogP contribution in [0.5, 0.6) is 0 Å². The van der Waals surface area contributed by atoms with Crippen LogP contribution in [-0.2, 0) is 4.79 Å². The lowest BCUT2D eigenvalue weighted by molar-refractivity contribution is -0.119. The molecule has 1 heteroatoms. The molecule has 1 atom stereocenters. The molecule has 1 rings (SSSR count). The molecule has 1 nitrogen and oxygen atoms in total. The van der Waals surface area contributed by atoms with Gasteiger partial charge in [0.05, 0.1) is 0 Å². The van der Waals surface area contributed by atoms with Crippen LogP contribution in [0.15, 0.2) is 0 Å². The lowest BCUT2D eigenvalue weighted by Gasteiger charge is -2.10. The van der Waals surface area contributed by atoms with Gasteiger partial charge in [-0.15, -0.1) is 0 Å². The SMILES string of the molecule is CC1CCCCCCCCC(=O)CCCCCCC1. The van der Waals surface area contributed by atoms with Crippen molar-refractivity contribution >= 4 is 5.78 Å². The normalized spacial score (nSPS) is 26.8. The van der Waals surface area contributed by atoms with Gasteiger partial charge in [0.25, 0.3) is 0 Å². The van der Waals surface area contributed by atoms with E-state index in [0.29, 0.717) is 5.78 Å². The Morgan fingerprint density at radius 3 is 1.47 bits per heavy atom. The molecule has 0 saturated heterocycles. The molecule has 0 radical (unpaired) electrons. The summed E-state index contributed by atoms with van der Waals surface area (Å²) in [5.74, 6) is 1.44. The number of hydrogen-bond acceptors (Lipinski definition) is 1. The summed E-state index contributed by atoms with van der Waals surface area (Å²) in [7, 11) is 0. The molecular formula is C18H34O. The molecule has 0 amide bonds. The van der Waals surface area contributed by atoms with E-state index in [9.17, 15) is 4.79 Å². The molecule has 112 valence electrons. The summed E-state index contributed by atoms with van der Waals surface area (Å²) in [4.78, 5) is 11.7. The number of Topliss-reactive ketones (excluding diaryl/α,β-unsaturated/α-hetero) is 1. The molecule has 0 heterocycles. The third-order valence-electron chi connectivity index (χ3n) is 4.56. The second-order valence-corrected chi connectivity index (χ2v) is 6.61. The number of carbonyl (C=O) groups excluding carboxylic acids is 1. The third kappa shape index (κ3) is 10.2. The molecule has 0 aromatic carbocycles. The zero-order valence-electron chi connectivity index (χ0n) is 13.1. The van der Waals surface area contributed by atoms with Gasteiger partial charge in [0.2, 0.25) is 0 Å². The average Bonchev–Trinajstić information content (AvgIpc) is 2.40. The summed E-state index contributed by atoms with van der Waals surface area (Å²) in [5, 5.41) is 0. The summed E-state index contributed by atoms with van der Waals surface area (Å²) in [5.41, 5.74) is 0. The first-order chi connectivity index (χ1) is 9.29. The molecule has 0 spiro atoms. The van der Waals surface area contributed by atoms with E-state index in [1.165, 1.54) is 70.6 Å². The van der Waals surface area contributed by atoms with Crippen LogP contribution in [-0.4, -0.2) is 5.78 Å². The Labute approximate surface area is 120 Å². The lowest BCUT2D eigenvalue weighted by atomic mass is 9.96. The van der Waals surface area contributed by atoms with Gasteiger partial charge in [0.1, 0.15) is 5.78 Å². The van der Waals surface area contributed by atoms with Crippen molar-refractivity contribution in [1.29, 1.82) is 0 Å². The highest BCUT2D eigenvalue weighted by Crippen LogP contribution is 2.19. The van der Waals surface area contributed by atoms with Crippen LogP contribution in [0.1, 0.15) is 103 Å². The van der Waals surface area contributed by atoms with Crippen LogP contribution in [0.25, 0.3) is 0 Å². The minimum atomic E-state index is 0.512. The average molecular weight is 266 g/mol. The van der Waals surface area contributed by atoms with Crippen molar-refractivity contribution < 1.29 is 4.79 Å². The fraction of sp³-hybridized carbons (Fsp3) is 0.944. The Morgan fingerprint density at radius 1 is 0.632 bits per heavy atom. The van der Waals surface area contributed by atoms with Crippen molar-refractivity contribution in [2.45, 2.75) is 103 Å². The largest absolute Gasteiger partial charge is 0.300 e. The van der Waals surface area contributed by atoms with E-state index in [1.807, 2.05) is 0 Å². The molecule has 0 bridgehead atoms. The maximum atomic E-state index is 11.7. The van der Waals surface area contributed by atoms with Gasteiger partial charge in [0.15, 0.2) is 0 Å². The molecule has 1 aliphatic carbocycles. The predicted octanol–water partition coefficient (Wildman–Crippen LogP) is 6.06. The molecule has 0 aromatic heterocycles. The predicted molar refractivity (Wildman–Crippen MR) is 83.4 cm³/mol. The van der Waals surface area contributed by atoms with E-state index >= 15 is 0 Å². The maximum absolute atomic E-state index is 11.7. The Balaban J connectivity index is 2.19. The van der Waals surface area contributed by atoms with E-state index in [0.717, 1.165) is 31.6 Å². The minimum absolute atomic E-state index is 0.512. The van der Waals surface area contributed by atoms with E-state index in [-0.39, 0.29) is 0 Å². The van der Waals surface area contributed by atoms with Gasteiger partial charge in [-0.2, -0.15) is 0 Å². The first-order valence-electron chi connectivity index (χ1n) is 8.81. The van der Waals surface area contributed by atoms with Gasteiger partial charge in [-0.05, 0) is 18.8 Å². The molecular weight excluding hydrogens is 232 g/mol. The number of hydrogen-bond donors (Lipinski definition) is 0. The fourth-order valence-electron chi connectivity index (χ4n) is 3.14. The van der Waals surface area contributed by atoms with Crippen molar-refractivity contribution in [3.05, 3.63) is 0 Å². The van der Waals surface area contributed by atoms with Crippen molar-refractivity contribution in [2.75, 3.05) is 0 Å². The second kappa shape index (κ2) is 11.5. The van der Waals surface area contributed by atoms with Gasteiger partial charge in [-0.3, -0.25) is 4.79 Å². The molecule has 1 fully saturated rings. The summed E-state index contributed by atoms with van der Waals surface area (Å²) >= 11 is 0. The Bertz CT molecular complexity index is 222. The lowest BCUT2D eigenvalue weighted by Crippen LogP contribution is -1.97. The zero-order chi connectivity index (χ0) is 13.8. The highest BCUT2D eigenvalue weighted by atomic mass is 16.1. The first kappa shape index (κ1) is 16.7. The van der Waals surface area contributed by atoms with Crippen molar-refractivity contribution in [3.8, 4) is 0 Å². The molecule has 0 N–H and O–H groups in total. The summed E-state index contributed by atoms with van der Waals surface area (Å²) < 4.78 is 0. The van der Waals surface area contributed by atoms with Gasteiger partial charge in [-0.1, -0.05) is 77.6 Å². The van der Waals surface area contributed by atoms with Crippen molar-refractivity contribution in [2.24, 2.45) is 5.92 Å². The first-order valence-corrected chi connectivity index (χ1v) is 8.81. The Kier molecular flexibility index (Phi) is 10.1. The van der Waals surface area contributed by atoms with Gasteiger partial charge >= 0.3 is 0 Å². The van der Waals surface area contributed by atoms with E-state index in [2.05, 4.69) is 6.92 Å². The zero-order valence-corrected chi connectivity index (χ0v) is 13.1. The highest BCUT2D eigenvalue weighted by Gasteiger charge is 2.04. The smallest absolute Gasteiger partial charge is 0.132 e. The molecule has 0 aliphatic heterocycles. The maximum Gasteiger partial charge on any atom is 0.132 e. The molecule has 19 heavy (non-hydrogen) atoms. The van der Waals surface area contributed by atoms with Crippen LogP contribution in [0.4, 0.5) is 0 Å². The Hall–Kier alpha value is -0.330. The molecule has 1 aliphatic rings. The minimum Gasteiger partial charge on any atom is -0.300 e. The fourth-order valence-corrected chi connectivity index (χ4v) is 3.14.